The predicted octanol–water partition coefficient (Wildman–Crippen LogP) is 5.50. The topological polar surface area (TPSA) is 160 Å². The van der Waals surface area contributed by atoms with Gasteiger partial charge in [-0.2, -0.15) is 5.26 Å². The number of ether oxygens (including phenoxy) is 1. The van der Waals surface area contributed by atoms with E-state index in [0.717, 1.165) is 63.1 Å². The summed E-state index contributed by atoms with van der Waals surface area (Å²) >= 11 is 0. The highest BCUT2D eigenvalue weighted by molar-refractivity contribution is 5.90. The second-order valence-electron chi connectivity index (χ2n) is 11.6. The summed E-state index contributed by atoms with van der Waals surface area (Å²) < 4.78 is 4.54. The summed E-state index contributed by atoms with van der Waals surface area (Å²) in [6.07, 6.45) is 4.57. The molecule has 246 valence electrons. The molecule has 0 fully saturated rings. The first-order valence-electron chi connectivity index (χ1n) is 15.7. The average Bonchev–Trinajstić information content (AvgIpc) is 3.79. The molecule has 0 saturated carbocycles. The molecule has 12 heteroatoms. The van der Waals surface area contributed by atoms with E-state index in [0.29, 0.717) is 18.9 Å². The number of hydrogen-bond donors (Lipinski definition) is 3. The molecule has 0 spiro atoms. The lowest BCUT2D eigenvalue weighted by Gasteiger charge is -2.22. The highest BCUT2D eigenvalue weighted by atomic mass is 16.5. The van der Waals surface area contributed by atoms with Crippen LogP contribution in [-0.2, 0) is 27.4 Å². The number of nitriles is 1. The fraction of sp³-hybridized carbons (Fsp3) is 0.278. The van der Waals surface area contributed by atoms with Gasteiger partial charge in [0.1, 0.15) is 18.2 Å². The number of carbonyl (C=O) groups is 3. The van der Waals surface area contributed by atoms with E-state index in [1.807, 2.05) is 19.1 Å². The second kappa shape index (κ2) is 15.6. The summed E-state index contributed by atoms with van der Waals surface area (Å²) in [5.41, 5.74) is 5.81. The Hall–Kier alpha value is -5.96. The number of rotatable bonds is 14. The number of hydrogen-bond acceptors (Lipinski definition) is 7. The van der Waals surface area contributed by atoms with Crippen LogP contribution in [0.1, 0.15) is 31.9 Å². The number of imidazole rings is 2. The lowest BCUT2D eigenvalue weighted by molar-refractivity contribution is -0.131. The molecule has 12 nitrogen and oxygen atoms in total. The van der Waals surface area contributed by atoms with Crippen molar-refractivity contribution in [2.45, 2.75) is 33.4 Å². The van der Waals surface area contributed by atoms with Crippen molar-refractivity contribution >= 4 is 29.2 Å². The Morgan fingerprint density at radius 2 is 1.50 bits per heavy atom. The van der Waals surface area contributed by atoms with Crippen molar-refractivity contribution in [3.05, 3.63) is 84.7 Å². The minimum atomic E-state index is -0.704. The third kappa shape index (κ3) is 8.24. The van der Waals surface area contributed by atoms with Crippen LogP contribution in [0.5, 0.6) is 0 Å². The fourth-order valence-corrected chi connectivity index (χ4v) is 5.40. The number of benzene rings is 3. The van der Waals surface area contributed by atoms with Gasteiger partial charge in [-0.3, -0.25) is 9.59 Å². The summed E-state index contributed by atoms with van der Waals surface area (Å²) in [4.78, 5) is 54.3. The van der Waals surface area contributed by atoms with E-state index >= 15 is 0 Å². The fourth-order valence-electron chi connectivity index (χ4n) is 5.40. The number of carbonyl (C=O) groups excluding carboxylic acids is 3. The largest absolute Gasteiger partial charge is 0.453 e. The number of aromatic nitrogens is 4. The minimum absolute atomic E-state index is 0.157. The van der Waals surface area contributed by atoms with Gasteiger partial charge in [0.05, 0.1) is 56.0 Å². The molecule has 0 aliphatic rings. The summed E-state index contributed by atoms with van der Waals surface area (Å²) in [5, 5.41) is 13.9. The first-order chi connectivity index (χ1) is 23.3. The molecule has 48 heavy (non-hydrogen) atoms. The van der Waals surface area contributed by atoms with Crippen molar-refractivity contribution < 1.29 is 19.1 Å². The molecule has 1 atom stereocenters. The number of nitrogens with zero attached hydrogens (tertiary/aromatic N) is 5. The molecular formula is C36H38N8O4. The van der Waals surface area contributed by atoms with Crippen LogP contribution in [0.3, 0.4) is 0 Å². The van der Waals surface area contributed by atoms with E-state index in [9.17, 15) is 19.6 Å². The second-order valence-corrected chi connectivity index (χ2v) is 11.6. The summed E-state index contributed by atoms with van der Waals surface area (Å²) in [7, 11) is 1.23. The maximum absolute atomic E-state index is 12.8. The molecule has 3 aromatic carbocycles. The minimum Gasteiger partial charge on any atom is -0.453 e. The Labute approximate surface area is 278 Å². The third-order valence-electron chi connectivity index (χ3n) is 7.93. The maximum atomic E-state index is 12.8. The van der Waals surface area contributed by atoms with Crippen molar-refractivity contribution in [2.24, 2.45) is 5.92 Å². The van der Waals surface area contributed by atoms with Crippen LogP contribution in [0.25, 0.3) is 44.4 Å². The third-order valence-corrected chi connectivity index (χ3v) is 7.93. The Morgan fingerprint density at radius 1 is 0.917 bits per heavy atom. The highest BCUT2D eigenvalue weighted by Gasteiger charge is 2.19. The van der Waals surface area contributed by atoms with Gasteiger partial charge in [-0.25, -0.2) is 14.8 Å². The smallest absolute Gasteiger partial charge is 0.407 e. The molecule has 5 aromatic rings. The molecule has 3 N–H and O–H groups in total. The molecule has 3 amide bonds. The Bertz CT molecular complexity index is 1920. The quantitative estimate of drug-likeness (QED) is 0.134. The van der Waals surface area contributed by atoms with Gasteiger partial charge in [0, 0.05) is 18.7 Å². The van der Waals surface area contributed by atoms with Crippen molar-refractivity contribution in [3.8, 4) is 39.7 Å². The molecule has 0 saturated heterocycles. The van der Waals surface area contributed by atoms with E-state index in [4.69, 9.17) is 0 Å². The number of amides is 3. The average molecular weight is 647 g/mol. The lowest BCUT2D eigenvalue weighted by atomic mass is 9.98. The molecule has 0 radical (unpaired) electrons. The molecule has 2 aromatic heterocycles. The lowest BCUT2D eigenvalue weighted by Crippen LogP contribution is -2.41. The monoisotopic (exact) mass is 646 g/mol. The highest BCUT2D eigenvalue weighted by Crippen LogP contribution is 2.29. The van der Waals surface area contributed by atoms with E-state index in [1.54, 1.807) is 24.2 Å². The summed E-state index contributed by atoms with van der Waals surface area (Å²) in [6.45, 7) is 5.02. The molecule has 0 aliphatic carbocycles. The van der Waals surface area contributed by atoms with Crippen LogP contribution in [-0.4, -0.2) is 74.9 Å². The Balaban J connectivity index is 1.26. The zero-order valence-corrected chi connectivity index (χ0v) is 27.2. The number of alkyl carbamates (subject to hydrolysis) is 1. The van der Waals surface area contributed by atoms with E-state index < -0.39 is 12.0 Å². The molecular weight excluding hydrogens is 608 g/mol. The van der Waals surface area contributed by atoms with Gasteiger partial charge in [0.15, 0.2) is 0 Å². The van der Waals surface area contributed by atoms with Crippen LogP contribution < -0.4 is 5.32 Å². The van der Waals surface area contributed by atoms with Gasteiger partial charge in [-0.15, -0.1) is 0 Å². The van der Waals surface area contributed by atoms with Crippen molar-refractivity contribution in [2.75, 3.05) is 26.7 Å². The molecule has 2 heterocycles. The van der Waals surface area contributed by atoms with Gasteiger partial charge in [-0.1, -0.05) is 55.5 Å². The normalized spacial score (nSPS) is 11.5. The SMILES string of the molecule is CCCN(C=O)Cc1ncc(-c2ccc3cc(-c4ccc(-c5cnc(CN(C[C@@H](C)C#N)C(=O)CNC(=O)OC)[nH]5)cc4)ccc3c2)[nH]1. The zero-order chi connectivity index (χ0) is 34.0. The van der Waals surface area contributed by atoms with Gasteiger partial charge >= 0.3 is 6.09 Å². The Morgan fingerprint density at radius 3 is 2.12 bits per heavy atom. The van der Waals surface area contributed by atoms with Gasteiger partial charge in [0.2, 0.25) is 12.3 Å². The molecule has 0 unspecified atom stereocenters. The van der Waals surface area contributed by atoms with Crippen LogP contribution >= 0.6 is 0 Å². The standard InChI is InChI=1S/C36H38N8O4/c1-4-13-43(23-45)21-33-38-18-32(42-33)30-12-11-28-14-27(9-10-29(28)15-30)25-5-7-26(8-6-25)31-17-39-34(41-31)22-44(20-24(2)16-37)35(46)19-40-36(47)48-3/h5-12,14-15,17-18,23-24H,4,13,19-22H2,1-3H3,(H,38,42)(H,39,41)(H,40,47)/t24-/m0/s1. The predicted molar refractivity (Wildman–Crippen MR) is 182 cm³/mol. The van der Waals surface area contributed by atoms with Crippen LogP contribution in [0.15, 0.2) is 73.1 Å². The van der Waals surface area contributed by atoms with E-state index in [2.05, 4.69) is 84.6 Å². The molecule has 0 aliphatic heterocycles. The summed E-state index contributed by atoms with van der Waals surface area (Å²) in [5.74, 6) is 0.568. The van der Waals surface area contributed by atoms with Gasteiger partial charge < -0.3 is 29.8 Å². The van der Waals surface area contributed by atoms with Crippen LogP contribution in [0, 0.1) is 17.2 Å². The number of nitrogens with one attached hydrogen (secondary N) is 3. The van der Waals surface area contributed by atoms with Crippen molar-refractivity contribution in [1.82, 2.24) is 35.1 Å². The number of methoxy groups -OCH3 is 1. The number of fused-ring (bicyclic) bond motifs is 1. The number of H-pyrrole nitrogens is 2. The van der Waals surface area contributed by atoms with Crippen molar-refractivity contribution in [3.63, 3.8) is 0 Å². The van der Waals surface area contributed by atoms with Crippen molar-refractivity contribution in [1.29, 1.82) is 5.26 Å². The Kier molecular flexibility index (Phi) is 10.8. The van der Waals surface area contributed by atoms with Crippen LogP contribution in [0.2, 0.25) is 0 Å². The van der Waals surface area contributed by atoms with E-state index in [1.165, 1.54) is 12.0 Å². The summed E-state index contributed by atoms with van der Waals surface area (Å²) in [6, 6.07) is 23.0. The van der Waals surface area contributed by atoms with E-state index in [-0.39, 0.29) is 25.5 Å². The zero-order valence-electron chi connectivity index (χ0n) is 27.2. The first kappa shape index (κ1) is 33.4. The number of aromatic amines is 2. The van der Waals surface area contributed by atoms with Crippen LogP contribution in [0.4, 0.5) is 4.79 Å². The maximum Gasteiger partial charge on any atom is 0.407 e. The van der Waals surface area contributed by atoms with Gasteiger partial charge in [0.25, 0.3) is 0 Å². The molecule has 5 rings (SSSR count). The van der Waals surface area contributed by atoms with Gasteiger partial charge in [-0.05, 0) is 52.9 Å². The molecule has 0 bridgehead atoms. The first-order valence-corrected chi connectivity index (χ1v) is 15.7.